The molecule has 0 aliphatic carbocycles. The number of pyridine rings is 1. The molecule has 0 saturated heterocycles. The Hall–Kier alpha value is -3.80. The Morgan fingerprint density at radius 2 is 1.70 bits per heavy atom. The third-order valence-corrected chi connectivity index (χ3v) is 6.86. The van der Waals surface area contributed by atoms with Crippen molar-refractivity contribution in [1.82, 2.24) is 9.38 Å². The SMILES string of the molecule is CCCCc1ccc(C(=O)Oc2ccc(-c3nc4cc(C)ccn4c3NC(C)(C)CC(C)(C)C)cc2OC)cc1. The predicted molar refractivity (Wildman–Crippen MR) is 164 cm³/mol. The standard InChI is InChI=1S/C34H43N3O3/c1-9-10-11-24-12-14-25(15-13-24)32(38)40-27-17-16-26(21-28(27)39-8)30-31(36-34(6,7)22-33(3,4)5)37-19-18-23(2)20-29(37)35-30/h12-21,36H,9-11,22H2,1-8H3. The molecule has 2 aromatic heterocycles. The van der Waals surface area contributed by atoms with Crippen LogP contribution in [0.2, 0.25) is 0 Å². The first kappa shape index (κ1) is 29.2. The van der Waals surface area contributed by atoms with E-state index in [1.54, 1.807) is 13.2 Å². The number of fused-ring (bicyclic) bond motifs is 1. The van der Waals surface area contributed by atoms with Crippen LogP contribution in [0.15, 0.2) is 60.8 Å². The van der Waals surface area contributed by atoms with E-state index in [0.29, 0.717) is 17.1 Å². The second-order valence-electron chi connectivity index (χ2n) is 12.5. The molecule has 4 rings (SSSR count). The number of aryl methyl sites for hydroxylation is 2. The predicted octanol–water partition coefficient (Wildman–Crippen LogP) is 8.51. The number of hydrogen-bond acceptors (Lipinski definition) is 5. The minimum atomic E-state index is -0.414. The van der Waals surface area contributed by atoms with Crippen LogP contribution in [-0.2, 0) is 6.42 Å². The summed E-state index contributed by atoms with van der Waals surface area (Å²) in [6, 6.07) is 17.4. The number of imidazole rings is 1. The summed E-state index contributed by atoms with van der Waals surface area (Å²) < 4.78 is 13.5. The molecule has 40 heavy (non-hydrogen) atoms. The van der Waals surface area contributed by atoms with Crippen LogP contribution < -0.4 is 14.8 Å². The molecular weight excluding hydrogens is 498 g/mol. The van der Waals surface area contributed by atoms with Crippen molar-refractivity contribution in [3.63, 3.8) is 0 Å². The molecule has 6 heteroatoms. The zero-order chi connectivity index (χ0) is 29.1. The average Bonchev–Trinajstić information content (AvgIpc) is 3.22. The van der Waals surface area contributed by atoms with E-state index in [2.05, 4.69) is 76.5 Å². The summed E-state index contributed by atoms with van der Waals surface area (Å²) in [4.78, 5) is 17.9. The van der Waals surface area contributed by atoms with Crippen molar-refractivity contribution in [2.24, 2.45) is 5.41 Å². The van der Waals surface area contributed by atoms with Gasteiger partial charge in [-0.1, -0.05) is 46.2 Å². The molecule has 0 atom stereocenters. The summed E-state index contributed by atoms with van der Waals surface area (Å²) in [6.07, 6.45) is 6.30. The number of carbonyl (C=O) groups is 1. The van der Waals surface area contributed by atoms with E-state index in [4.69, 9.17) is 14.5 Å². The van der Waals surface area contributed by atoms with Crippen LogP contribution in [0.1, 0.15) is 82.3 Å². The first-order valence-corrected chi connectivity index (χ1v) is 14.2. The lowest BCUT2D eigenvalue weighted by molar-refractivity contribution is 0.0729. The molecule has 0 radical (unpaired) electrons. The number of aromatic nitrogens is 2. The maximum absolute atomic E-state index is 12.9. The number of ether oxygens (including phenoxy) is 2. The third kappa shape index (κ3) is 7.04. The summed E-state index contributed by atoms with van der Waals surface area (Å²) >= 11 is 0. The van der Waals surface area contributed by atoms with Crippen molar-refractivity contribution in [2.75, 3.05) is 12.4 Å². The van der Waals surface area contributed by atoms with Gasteiger partial charge in [-0.2, -0.15) is 0 Å². The molecule has 2 aromatic carbocycles. The smallest absolute Gasteiger partial charge is 0.343 e. The van der Waals surface area contributed by atoms with Gasteiger partial charge in [0.05, 0.1) is 12.7 Å². The zero-order valence-corrected chi connectivity index (χ0v) is 25.2. The van der Waals surface area contributed by atoms with E-state index in [-0.39, 0.29) is 11.0 Å². The van der Waals surface area contributed by atoms with Crippen molar-refractivity contribution >= 4 is 17.4 Å². The number of unbranched alkanes of at least 4 members (excludes halogenated alkanes) is 1. The highest BCUT2D eigenvalue weighted by atomic mass is 16.6. The molecule has 2 heterocycles. The van der Waals surface area contributed by atoms with E-state index >= 15 is 0 Å². The molecule has 1 N–H and O–H groups in total. The number of carbonyl (C=O) groups excluding carboxylic acids is 1. The summed E-state index contributed by atoms with van der Waals surface area (Å²) in [6.45, 7) is 15.4. The van der Waals surface area contributed by atoms with Crippen LogP contribution in [0.5, 0.6) is 11.5 Å². The highest BCUT2D eigenvalue weighted by molar-refractivity contribution is 5.91. The lowest BCUT2D eigenvalue weighted by atomic mass is 9.82. The van der Waals surface area contributed by atoms with Gasteiger partial charge in [-0.15, -0.1) is 0 Å². The Morgan fingerprint density at radius 3 is 2.35 bits per heavy atom. The molecule has 0 unspecified atom stereocenters. The van der Waals surface area contributed by atoms with Gasteiger partial charge < -0.3 is 14.8 Å². The number of rotatable bonds is 10. The molecular formula is C34H43N3O3. The Kier molecular flexibility index (Phi) is 8.57. The van der Waals surface area contributed by atoms with Crippen LogP contribution in [0.25, 0.3) is 16.9 Å². The van der Waals surface area contributed by atoms with E-state index in [0.717, 1.165) is 54.0 Å². The van der Waals surface area contributed by atoms with Crippen LogP contribution in [-0.4, -0.2) is 28.0 Å². The average molecular weight is 542 g/mol. The van der Waals surface area contributed by atoms with E-state index < -0.39 is 5.97 Å². The summed E-state index contributed by atoms with van der Waals surface area (Å²) in [5, 5.41) is 3.78. The van der Waals surface area contributed by atoms with Gasteiger partial charge in [0.25, 0.3) is 0 Å². The Labute approximate surface area is 238 Å². The quantitative estimate of drug-likeness (QED) is 0.161. The fourth-order valence-electron chi connectivity index (χ4n) is 5.40. The lowest BCUT2D eigenvalue weighted by Gasteiger charge is -2.34. The molecule has 4 aromatic rings. The van der Waals surface area contributed by atoms with Gasteiger partial charge >= 0.3 is 5.97 Å². The lowest BCUT2D eigenvalue weighted by Crippen LogP contribution is -2.36. The van der Waals surface area contributed by atoms with Gasteiger partial charge in [0.15, 0.2) is 11.5 Å². The molecule has 0 amide bonds. The molecule has 212 valence electrons. The third-order valence-electron chi connectivity index (χ3n) is 6.86. The van der Waals surface area contributed by atoms with Crippen molar-refractivity contribution < 1.29 is 14.3 Å². The monoisotopic (exact) mass is 541 g/mol. The summed E-state index contributed by atoms with van der Waals surface area (Å²) in [5.41, 5.74) is 5.38. The number of nitrogens with zero attached hydrogens (tertiary/aromatic N) is 2. The van der Waals surface area contributed by atoms with Crippen LogP contribution in [0.4, 0.5) is 5.82 Å². The number of anilines is 1. The topological polar surface area (TPSA) is 64.9 Å². The minimum absolute atomic E-state index is 0.151. The Bertz CT molecular complexity index is 1480. The van der Waals surface area contributed by atoms with Gasteiger partial charge in [-0.25, -0.2) is 9.78 Å². The van der Waals surface area contributed by atoms with Gasteiger partial charge in [0.2, 0.25) is 0 Å². The normalized spacial score (nSPS) is 12.0. The summed E-state index contributed by atoms with van der Waals surface area (Å²) in [5.74, 6) is 1.34. The number of nitrogens with one attached hydrogen (secondary N) is 1. The molecule has 0 spiro atoms. The number of hydrogen-bond donors (Lipinski definition) is 1. The van der Waals surface area contributed by atoms with E-state index in [1.807, 2.05) is 36.4 Å². The van der Waals surface area contributed by atoms with Crippen molar-refractivity contribution in [2.45, 2.75) is 79.7 Å². The Balaban J connectivity index is 1.66. The van der Waals surface area contributed by atoms with Gasteiger partial charge in [0, 0.05) is 17.3 Å². The highest BCUT2D eigenvalue weighted by Gasteiger charge is 2.28. The summed E-state index contributed by atoms with van der Waals surface area (Å²) in [7, 11) is 1.58. The number of esters is 1. The fraction of sp³-hybridized carbons (Fsp3) is 0.412. The maximum atomic E-state index is 12.9. The fourth-order valence-corrected chi connectivity index (χ4v) is 5.40. The molecule has 6 nitrogen and oxygen atoms in total. The van der Waals surface area contributed by atoms with Gasteiger partial charge in [-0.05, 0) is 99.0 Å². The largest absolute Gasteiger partial charge is 0.493 e. The van der Waals surface area contributed by atoms with Crippen molar-refractivity contribution in [1.29, 1.82) is 0 Å². The second-order valence-corrected chi connectivity index (χ2v) is 12.5. The van der Waals surface area contributed by atoms with Crippen molar-refractivity contribution in [3.8, 4) is 22.8 Å². The number of benzene rings is 2. The van der Waals surface area contributed by atoms with Crippen LogP contribution >= 0.6 is 0 Å². The van der Waals surface area contributed by atoms with E-state index in [9.17, 15) is 4.79 Å². The molecule has 0 bridgehead atoms. The number of methoxy groups -OCH3 is 1. The van der Waals surface area contributed by atoms with Crippen molar-refractivity contribution in [3.05, 3.63) is 77.5 Å². The first-order valence-electron chi connectivity index (χ1n) is 14.2. The van der Waals surface area contributed by atoms with Gasteiger partial charge in [-0.3, -0.25) is 4.40 Å². The molecule has 0 saturated carbocycles. The highest BCUT2D eigenvalue weighted by Crippen LogP contribution is 2.38. The zero-order valence-electron chi connectivity index (χ0n) is 25.2. The van der Waals surface area contributed by atoms with E-state index in [1.165, 1.54) is 5.56 Å². The minimum Gasteiger partial charge on any atom is -0.493 e. The second kappa shape index (κ2) is 11.7. The van der Waals surface area contributed by atoms with Gasteiger partial charge in [0.1, 0.15) is 17.2 Å². The first-order chi connectivity index (χ1) is 18.9. The maximum Gasteiger partial charge on any atom is 0.343 e. The van der Waals surface area contributed by atoms with Crippen LogP contribution in [0.3, 0.4) is 0 Å². The van der Waals surface area contributed by atoms with Crippen LogP contribution in [0, 0.1) is 12.3 Å². The Morgan fingerprint density at radius 1 is 0.975 bits per heavy atom. The molecule has 0 aliphatic heterocycles. The molecule has 0 aliphatic rings. The molecule has 0 fully saturated rings.